The summed E-state index contributed by atoms with van der Waals surface area (Å²) in [7, 11) is 1.69. The quantitative estimate of drug-likeness (QED) is 0.892. The van der Waals surface area contributed by atoms with Gasteiger partial charge in [0.25, 0.3) is 0 Å². The van der Waals surface area contributed by atoms with Crippen molar-refractivity contribution in [2.45, 2.75) is 32.7 Å². The van der Waals surface area contributed by atoms with Crippen molar-refractivity contribution in [3.8, 4) is 5.75 Å². The number of hydrogen-bond acceptors (Lipinski definition) is 2. The van der Waals surface area contributed by atoms with Crippen LogP contribution in [0.3, 0.4) is 0 Å². The molecule has 2 nitrogen and oxygen atoms in total. The van der Waals surface area contributed by atoms with Crippen LogP contribution in [0.5, 0.6) is 5.75 Å². The van der Waals surface area contributed by atoms with Crippen molar-refractivity contribution in [1.29, 1.82) is 0 Å². The van der Waals surface area contributed by atoms with Crippen LogP contribution in [0.15, 0.2) is 42.5 Å². The van der Waals surface area contributed by atoms with E-state index in [0.29, 0.717) is 0 Å². The molecule has 0 aliphatic heterocycles. The fraction of sp³-hybridized carbons (Fsp3) is 0.333. The maximum Gasteiger partial charge on any atom is 0.119 e. The summed E-state index contributed by atoms with van der Waals surface area (Å²) in [6.07, 6.45) is 1.97. The van der Waals surface area contributed by atoms with Crippen LogP contribution in [0.4, 0.5) is 0 Å². The highest BCUT2D eigenvalue weighted by molar-refractivity contribution is 5.36. The summed E-state index contributed by atoms with van der Waals surface area (Å²) in [6.45, 7) is 4.24. The summed E-state index contributed by atoms with van der Waals surface area (Å²) in [4.78, 5) is 0. The summed E-state index contributed by atoms with van der Waals surface area (Å²) in [5.41, 5.74) is 11.5. The molecule has 0 aromatic heterocycles. The average Bonchev–Trinajstić information content (AvgIpc) is 2.46. The molecule has 0 spiro atoms. The highest BCUT2D eigenvalue weighted by Gasteiger charge is 2.10. The lowest BCUT2D eigenvalue weighted by Gasteiger charge is -2.16. The molecular weight excluding hydrogens is 246 g/mol. The minimum absolute atomic E-state index is 0.0699. The number of benzene rings is 2. The second-order valence-electron chi connectivity index (χ2n) is 5.29. The normalized spacial score (nSPS) is 12.2. The topological polar surface area (TPSA) is 35.2 Å². The molecule has 2 aromatic carbocycles. The Morgan fingerprint density at radius 3 is 2.45 bits per heavy atom. The molecule has 0 heterocycles. The lowest BCUT2D eigenvalue weighted by atomic mass is 9.95. The molecule has 106 valence electrons. The third-order valence-corrected chi connectivity index (χ3v) is 3.86. The van der Waals surface area contributed by atoms with Gasteiger partial charge in [0.1, 0.15) is 5.75 Å². The molecule has 2 aromatic rings. The maximum absolute atomic E-state index is 6.34. The lowest BCUT2D eigenvalue weighted by molar-refractivity contribution is 0.414. The zero-order valence-electron chi connectivity index (χ0n) is 12.5. The summed E-state index contributed by atoms with van der Waals surface area (Å²) in [5, 5.41) is 0. The van der Waals surface area contributed by atoms with Crippen molar-refractivity contribution in [3.05, 3.63) is 64.7 Å². The first-order valence-electron chi connectivity index (χ1n) is 7.06. The van der Waals surface area contributed by atoms with E-state index in [9.17, 15) is 0 Å². The average molecular weight is 269 g/mol. The van der Waals surface area contributed by atoms with Gasteiger partial charge < -0.3 is 10.5 Å². The zero-order valence-corrected chi connectivity index (χ0v) is 12.5. The molecule has 0 saturated carbocycles. The molecule has 0 bridgehead atoms. The monoisotopic (exact) mass is 269 g/mol. The van der Waals surface area contributed by atoms with E-state index in [4.69, 9.17) is 10.5 Å². The molecule has 1 unspecified atom stereocenters. The van der Waals surface area contributed by atoms with Gasteiger partial charge in [-0.05, 0) is 61.1 Å². The summed E-state index contributed by atoms with van der Waals surface area (Å²) in [5.74, 6) is 0.886. The molecule has 2 heteroatoms. The van der Waals surface area contributed by atoms with Crippen LogP contribution in [-0.4, -0.2) is 7.11 Å². The van der Waals surface area contributed by atoms with Gasteiger partial charge in [-0.2, -0.15) is 0 Å². The fourth-order valence-corrected chi connectivity index (χ4v) is 2.55. The van der Waals surface area contributed by atoms with Crippen LogP contribution in [0, 0.1) is 13.8 Å². The molecule has 2 N–H and O–H groups in total. The van der Waals surface area contributed by atoms with Gasteiger partial charge in [0, 0.05) is 6.04 Å². The Kier molecular flexibility index (Phi) is 4.80. The highest BCUT2D eigenvalue weighted by atomic mass is 16.5. The van der Waals surface area contributed by atoms with Crippen molar-refractivity contribution < 1.29 is 4.74 Å². The molecule has 0 saturated heterocycles. The highest BCUT2D eigenvalue weighted by Crippen LogP contribution is 2.24. The molecule has 2 rings (SSSR count). The third-order valence-electron chi connectivity index (χ3n) is 3.86. The van der Waals surface area contributed by atoms with E-state index >= 15 is 0 Å². The number of aryl methyl sites for hydroxylation is 3. The van der Waals surface area contributed by atoms with Crippen LogP contribution in [0.2, 0.25) is 0 Å². The number of hydrogen-bond donors (Lipinski definition) is 1. The Morgan fingerprint density at radius 1 is 1.05 bits per heavy atom. The first-order valence-corrected chi connectivity index (χ1v) is 7.06. The van der Waals surface area contributed by atoms with Gasteiger partial charge in [0.15, 0.2) is 0 Å². The predicted octanol–water partition coefficient (Wildman–Crippen LogP) is 3.94. The molecule has 0 aliphatic rings. The van der Waals surface area contributed by atoms with Gasteiger partial charge in [-0.3, -0.25) is 0 Å². The molecule has 1 atom stereocenters. The van der Waals surface area contributed by atoms with E-state index in [-0.39, 0.29) is 6.04 Å². The van der Waals surface area contributed by atoms with E-state index in [0.717, 1.165) is 18.6 Å². The largest absolute Gasteiger partial charge is 0.497 e. The summed E-state index contributed by atoms with van der Waals surface area (Å²) >= 11 is 0. The van der Waals surface area contributed by atoms with Crippen LogP contribution >= 0.6 is 0 Å². The molecule has 0 amide bonds. The van der Waals surface area contributed by atoms with Gasteiger partial charge in [0.05, 0.1) is 7.11 Å². The molecule has 0 aliphatic carbocycles. The van der Waals surface area contributed by atoms with Crippen molar-refractivity contribution >= 4 is 0 Å². The second-order valence-corrected chi connectivity index (χ2v) is 5.29. The second kappa shape index (κ2) is 6.58. The SMILES string of the molecule is COc1ccc(C(N)CCc2ccccc2C)c(C)c1. The van der Waals surface area contributed by atoms with E-state index < -0.39 is 0 Å². The standard InChI is InChI=1S/C18H23NO/c1-13-6-4-5-7-15(13)8-11-18(19)17-10-9-16(20-3)12-14(17)2/h4-7,9-10,12,18H,8,11,19H2,1-3H3. The number of nitrogens with two attached hydrogens (primary N) is 1. The Hall–Kier alpha value is -1.80. The Morgan fingerprint density at radius 2 is 1.80 bits per heavy atom. The van der Waals surface area contributed by atoms with Crippen molar-refractivity contribution in [1.82, 2.24) is 0 Å². The Labute approximate surface area is 121 Å². The van der Waals surface area contributed by atoms with Gasteiger partial charge >= 0.3 is 0 Å². The molecule has 0 fully saturated rings. The maximum atomic E-state index is 6.34. The van der Waals surface area contributed by atoms with Crippen LogP contribution < -0.4 is 10.5 Å². The van der Waals surface area contributed by atoms with E-state index in [1.807, 2.05) is 12.1 Å². The molecule has 0 radical (unpaired) electrons. The van der Waals surface area contributed by atoms with Gasteiger partial charge in [-0.1, -0.05) is 30.3 Å². The minimum atomic E-state index is 0.0699. The number of methoxy groups -OCH3 is 1. The van der Waals surface area contributed by atoms with Crippen molar-refractivity contribution in [3.63, 3.8) is 0 Å². The number of ether oxygens (including phenoxy) is 1. The van der Waals surface area contributed by atoms with E-state index in [1.54, 1.807) is 7.11 Å². The predicted molar refractivity (Wildman–Crippen MR) is 84.2 cm³/mol. The lowest BCUT2D eigenvalue weighted by Crippen LogP contribution is -2.13. The van der Waals surface area contributed by atoms with Gasteiger partial charge in [0.2, 0.25) is 0 Å². The molecular formula is C18H23NO. The van der Waals surface area contributed by atoms with Crippen LogP contribution in [0.1, 0.15) is 34.7 Å². The third kappa shape index (κ3) is 3.40. The van der Waals surface area contributed by atoms with Crippen molar-refractivity contribution in [2.24, 2.45) is 5.73 Å². The van der Waals surface area contributed by atoms with E-state index in [2.05, 4.69) is 44.2 Å². The molecule has 20 heavy (non-hydrogen) atoms. The first kappa shape index (κ1) is 14.6. The van der Waals surface area contributed by atoms with E-state index in [1.165, 1.54) is 22.3 Å². The Balaban J connectivity index is 2.05. The smallest absolute Gasteiger partial charge is 0.119 e. The van der Waals surface area contributed by atoms with Crippen LogP contribution in [-0.2, 0) is 6.42 Å². The number of rotatable bonds is 5. The summed E-state index contributed by atoms with van der Waals surface area (Å²) < 4.78 is 5.23. The Bertz CT molecular complexity index is 577. The summed E-state index contributed by atoms with van der Waals surface area (Å²) in [6, 6.07) is 14.7. The minimum Gasteiger partial charge on any atom is -0.497 e. The zero-order chi connectivity index (χ0) is 14.5. The fourth-order valence-electron chi connectivity index (χ4n) is 2.55. The van der Waals surface area contributed by atoms with Gasteiger partial charge in [-0.15, -0.1) is 0 Å². The van der Waals surface area contributed by atoms with Gasteiger partial charge in [-0.25, -0.2) is 0 Å². The first-order chi connectivity index (χ1) is 9.61. The van der Waals surface area contributed by atoms with Crippen molar-refractivity contribution in [2.75, 3.05) is 7.11 Å². The van der Waals surface area contributed by atoms with Crippen LogP contribution in [0.25, 0.3) is 0 Å².